The molecule has 0 N–H and O–H groups in total. The SMILES string of the molecule is C=C(C)C(=O)OCC(CC)(CCOc1ccc(/C=C/c2ccc(OCCC(CC)(COC(=O)C(=C)C)COC(=O)C(=C)C)cc2)cc1)COC(=O)C(=C)C. The van der Waals surface area contributed by atoms with Crippen molar-refractivity contribution in [2.45, 2.75) is 67.2 Å². The van der Waals surface area contributed by atoms with Crippen molar-refractivity contribution in [3.05, 3.63) is 108 Å². The molecule has 2 aromatic rings. The van der Waals surface area contributed by atoms with Gasteiger partial charge in [0.15, 0.2) is 0 Å². The van der Waals surface area contributed by atoms with Gasteiger partial charge in [0.1, 0.15) is 37.9 Å². The molecular formula is C44H56O10. The molecule has 0 aliphatic heterocycles. The molecule has 292 valence electrons. The third-order valence-electron chi connectivity index (χ3n) is 8.96. The monoisotopic (exact) mass is 744 g/mol. The van der Waals surface area contributed by atoms with Crippen molar-refractivity contribution in [1.29, 1.82) is 0 Å². The first-order chi connectivity index (χ1) is 25.5. The summed E-state index contributed by atoms with van der Waals surface area (Å²) in [6.07, 6.45) is 6.11. The molecule has 0 saturated heterocycles. The van der Waals surface area contributed by atoms with E-state index in [-0.39, 0.29) is 26.4 Å². The molecule has 0 fully saturated rings. The van der Waals surface area contributed by atoms with Crippen LogP contribution in [-0.2, 0) is 38.1 Å². The lowest BCUT2D eigenvalue weighted by Gasteiger charge is -2.31. The fraction of sp³-hybridized carbons (Fsp3) is 0.409. The molecule has 54 heavy (non-hydrogen) atoms. The molecule has 0 atom stereocenters. The van der Waals surface area contributed by atoms with Crippen molar-refractivity contribution < 1.29 is 47.6 Å². The fourth-order valence-electron chi connectivity index (χ4n) is 4.81. The first kappa shape index (κ1) is 44.8. The van der Waals surface area contributed by atoms with Gasteiger partial charge in [-0.1, -0.05) is 76.6 Å². The van der Waals surface area contributed by atoms with Crippen LogP contribution in [-0.4, -0.2) is 63.5 Å². The van der Waals surface area contributed by atoms with E-state index in [0.717, 1.165) is 11.1 Å². The van der Waals surface area contributed by atoms with Crippen LogP contribution in [0.4, 0.5) is 0 Å². The quantitative estimate of drug-likeness (QED) is 0.0447. The molecule has 0 saturated carbocycles. The highest BCUT2D eigenvalue weighted by Gasteiger charge is 2.34. The Hall–Kier alpha value is -5.38. The molecule has 10 heteroatoms. The Labute approximate surface area is 320 Å². The minimum Gasteiger partial charge on any atom is -0.494 e. The number of hydrogen-bond acceptors (Lipinski definition) is 10. The van der Waals surface area contributed by atoms with Crippen molar-refractivity contribution >= 4 is 36.0 Å². The van der Waals surface area contributed by atoms with Crippen molar-refractivity contribution in [2.75, 3.05) is 39.6 Å². The molecule has 0 unspecified atom stereocenters. The van der Waals surface area contributed by atoms with Crippen LogP contribution in [0.3, 0.4) is 0 Å². The molecular weight excluding hydrogens is 688 g/mol. The van der Waals surface area contributed by atoms with Crippen LogP contribution in [0.2, 0.25) is 0 Å². The number of esters is 4. The van der Waals surface area contributed by atoms with E-state index in [2.05, 4.69) is 26.3 Å². The summed E-state index contributed by atoms with van der Waals surface area (Å²) in [5.74, 6) is -0.653. The van der Waals surface area contributed by atoms with Gasteiger partial charge < -0.3 is 28.4 Å². The van der Waals surface area contributed by atoms with E-state index in [1.54, 1.807) is 27.7 Å². The zero-order valence-corrected chi connectivity index (χ0v) is 32.8. The van der Waals surface area contributed by atoms with Gasteiger partial charge in [-0.05, 0) is 88.8 Å². The van der Waals surface area contributed by atoms with Gasteiger partial charge >= 0.3 is 23.9 Å². The van der Waals surface area contributed by atoms with Crippen molar-refractivity contribution in [3.8, 4) is 11.5 Å². The molecule has 0 heterocycles. The number of hydrogen-bond donors (Lipinski definition) is 0. The van der Waals surface area contributed by atoms with Gasteiger partial charge in [-0.2, -0.15) is 0 Å². The first-order valence-corrected chi connectivity index (χ1v) is 18.0. The zero-order chi connectivity index (χ0) is 40.3. The van der Waals surface area contributed by atoms with Crippen molar-refractivity contribution in [1.82, 2.24) is 0 Å². The normalized spacial score (nSPS) is 11.3. The Morgan fingerprint density at radius 1 is 0.500 bits per heavy atom. The summed E-state index contributed by atoms with van der Waals surface area (Å²) in [6.45, 7) is 25.6. The van der Waals surface area contributed by atoms with Gasteiger partial charge in [0.2, 0.25) is 0 Å². The lowest BCUT2D eigenvalue weighted by atomic mass is 9.83. The van der Waals surface area contributed by atoms with E-state index >= 15 is 0 Å². The predicted molar refractivity (Wildman–Crippen MR) is 211 cm³/mol. The van der Waals surface area contributed by atoms with Crippen molar-refractivity contribution in [2.24, 2.45) is 10.8 Å². The zero-order valence-electron chi connectivity index (χ0n) is 32.8. The van der Waals surface area contributed by atoms with E-state index in [0.29, 0.717) is 72.7 Å². The standard InChI is InChI=1S/C44H56O10/c1-11-43(27-51-39(45)31(3)4,28-52-40(46)32(5)6)23-25-49-37-19-15-35(16-20-37)13-14-36-17-21-38(22-18-36)50-26-24-44(12-2,29-53-41(47)33(7)8)30-54-42(48)34(9)10/h13-22H,3,5,7,9,11-12,23-30H2,1-2,4,6,8,10H3/b14-13+. The molecule has 2 aromatic carbocycles. The summed E-state index contributed by atoms with van der Waals surface area (Å²) in [5, 5.41) is 0. The predicted octanol–water partition coefficient (Wildman–Crippen LogP) is 8.66. The number of ether oxygens (including phenoxy) is 6. The van der Waals surface area contributed by atoms with E-state index in [4.69, 9.17) is 28.4 Å². The van der Waals surface area contributed by atoms with Gasteiger partial charge in [0.05, 0.1) is 13.2 Å². The molecule has 0 spiro atoms. The molecule has 0 amide bonds. The molecule has 0 aliphatic rings. The average molecular weight is 745 g/mol. The highest BCUT2D eigenvalue weighted by atomic mass is 16.6. The summed E-state index contributed by atoms with van der Waals surface area (Å²) >= 11 is 0. The molecule has 0 aliphatic carbocycles. The van der Waals surface area contributed by atoms with Crippen LogP contribution in [0, 0.1) is 10.8 Å². The first-order valence-electron chi connectivity index (χ1n) is 18.0. The van der Waals surface area contributed by atoms with E-state index < -0.39 is 34.7 Å². The Kier molecular flexibility index (Phi) is 18.2. The summed E-state index contributed by atoms with van der Waals surface area (Å²) < 4.78 is 33.9. The minimum atomic E-state index is -0.637. The topological polar surface area (TPSA) is 124 Å². The van der Waals surface area contributed by atoms with Gasteiger partial charge in [0.25, 0.3) is 0 Å². The lowest BCUT2D eigenvalue weighted by molar-refractivity contribution is -0.151. The largest absolute Gasteiger partial charge is 0.494 e. The van der Waals surface area contributed by atoms with E-state index in [1.165, 1.54) is 0 Å². The number of benzene rings is 2. The van der Waals surface area contributed by atoms with Gasteiger partial charge in [-0.25, -0.2) is 19.2 Å². The van der Waals surface area contributed by atoms with Gasteiger partial charge in [-0.15, -0.1) is 0 Å². The van der Waals surface area contributed by atoms with E-state index in [1.807, 2.05) is 74.5 Å². The second-order valence-electron chi connectivity index (χ2n) is 13.8. The molecule has 10 nitrogen and oxygen atoms in total. The van der Waals surface area contributed by atoms with Crippen LogP contribution >= 0.6 is 0 Å². The second-order valence-corrected chi connectivity index (χ2v) is 13.8. The Bertz CT molecular complexity index is 1480. The molecule has 0 aromatic heterocycles. The molecule has 0 bridgehead atoms. The Balaban J connectivity index is 1.98. The van der Waals surface area contributed by atoms with Crippen molar-refractivity contribution in [3.63, 3.8) is 0 Å². The van der Waals surface area contributed by atoms with Crippen LogP contribution < -0.4 is 9.47 Å². The number of carbonyl (C=O) groups is 4. The summed E-state index contributed by atoms with van der Waals surface area (Å²) in [5.41, 5.74) is 1.84. The van der Waals surface area contributed by atoms with E-state index in [9.17, 15) is 19.2 Å². The average Bonchev–Trinajstić information content (AvgIpc) is 3.16. The Morgan fingerprint density at radius 2 is 0.759 bits per heavy atom. The molecule has 0 radical (unpaired) electrons. The smallest absolute Gasteiger partial charge is 0.333 e. The maximum absolute atomic E-state index is 12.1. The van der Waals surface area contributed by atoms with Gasteiger partial charge in [-0.3, -0.25) is 0 Å². The van der Waals surface area contributed by atoms with Crippen LogP contribution in [0.5, 0.6) is 11.5 Å². The Morgan fingerprint density at radius 3 is 0.981 bits per heavy atom. The number of rotatable bonds is 24. The maximum Gasteiger partial charge on any atom is 0.333 e. The summed E-state index contributed by atoms with van der Waals surface area (Å²) in [6, 6.07) is 15.3. The summed E-state index contributed by atoms with van der Waals surface area (Å²) in [4.78, 5) is 48.4. The third-order valence-corrected chi connectivity index (χ3v) is 8.96. The highest BCUT2D eigenvalue weighted by molar-refractivity contribution is 5.88. The maximum atomic E-state index is 12.1. The van der Waals surface area contributed by atoms with Crippen LogP contribution in [0.15, 0.2) is 97.1 Å². The lowest BCUT2D eigenvalue weighted by Crippen LogP contribution is -2.35. The van der Waals surface area contributed by atoms with Gasteiger partial charge in [0, 0.05) is 33.1 Å². The summed E-state index contributed by atoms with van der Waals surface area (Å²) in [7, 11) is 0. The minimum absolute atomic E-state index is 0.0575. The number of carbonyl (C=O) groups excluding carboxylic acids is 4. The highest BCUT2D eigenvalue weighted by Crippen LogP contribution is 2.31. The van der Waals surface area contributed by atoms with Crippen LogP contribution in [0.1, 0.15) is 78.4 Å². The van der Waals surface area contributed by atoms with Crippen LogP contribution in [0.25, 0.3) is 12.2 Å². The fourth-order valence-corrected chi connectivity index (χ4v) is 4.81. The molecule has 2 rings (SSSR count). The second kappa shape index (κ2) is 22.0. The third kappa shape index (κ3) is 15.3.